The van der Waals surface area contributed by atoms with E-state index in [-0.39, 0.29) is 18.0 Å². The number of hydrogen-bond acceptors (Lipinski definition) is 2. The van der Waals surface area contributed by atoms with Gasteiger partial charge in [-0.3, -0.25) is 4.79 Å². The summed E-state index contributed by atoms with van der Waals surface area (Å²) in [6.45, 7) is 10.3. The van der Waals surface area contributed by atoms with Gasteiger partial charge in [-0.05, 0) is 25.2 Å². The summed E-state index contributed by atoms with van der Waals surface area (Å²) >= 11 is 0. The standard InChI is InChI=1S/C12H24O2/c1-6-10(7-2)12(13)14-11(8-3)9(4)5/h9-11H,6-8H2,1-5H3. The van der Waals surface area contributed by atoms with Crippen LogP contribution in [-0.2, 0) is 9.53 Å². The quantitative estimate of drug-likeness (QED) is 0.614. The minimum atomic E-state index is -0.0180. The summed E-state index contributed by atoms with van der Waals surface area (Å²) in [7, 11) is 0. The van der Waals surface area contributed by atoms with Gasteiger partial charge in [0.2, 0.25) is 0 Å². The van der Waals surface area contributed by atoms with Gasteiger partial charge in [-0.1, -0.05) is 34.6 Å². The van der Waals surface area contributed by atoms with Gasteiger partial charge < -0.3 is 4.74 Å². The molecule has 0 heterocycles. The molecule has 0 saturated carbocycles. The van der Waals surface area contributed by atoms with E-state index in [0.717, 1.165) is 19.3 Å². The van der Waals surface area contributed by atoms with E-state index < -0.39 is 0 Å². The fourth-order valence-electron chi connectivity index (χ4n) is 1.56. The van der Waals surface area contributed by atoms with Crippen LogP contribution in [0.5, 0.6) is 0 Å². The topological polar surface area (TPSA) is 26.3 Å². The summed E-state index contributed by atoms with van der Waals surface area (Å²) < 4.78 is 5.47. The molecule has 1 atom stereocenters. The fourth-order valence-corrected chi connectivity index (χ4v) is 1.56. The molecule has 0 saturated heterocycles. The van der Waals surface area contributed by atoms with Crippen LogP contribution >= 0.6 is 0 Å². The molecule has 0 spiro atoms. The summed E-state index contributed by atoms with van der Waals surface area (Å²) in [5.74, 6) is 0.483. The molecule has 0 aromatic heterocycles. The summed E-state index contributed by atoms with van der Waals surface area (Å²) in [6, 6.07) is 0. The predicted molar refractivity (Wildman–Crippen MR) is 59.1 cm³/mol. The van der Waals surface area contributed by atoms with Gasteiger partial charge in [0, 0.05) is 0 Å². The van der Waals surface area contributed by atoms with E-state index in [1.807, 2.05) is 13.8 Å². The summed E-state index contributed by atoms with van der Waals surface area (Å²) in [5, 5.41) is 0. The van der Waals surface area contributed by atoms with Gasteiger partial charge in [0.1, 0.15) is 6.10 Å². The molecule has 0 aromatic rings. The number of hydrogen-bond donors (Lipinski definition) is 0. The lowest BCUT2D eigenvalue weighted by Crippen LogP contribution is -2.27. The molecule has 0 aromatic carbocycles. The Labute approximate surface area is 88.0 Å². The number of ether oxygens (including phenoxy) is 1. The SMILES string of the molecule is CCC(CC)C(=O)OC(CC)C(C)C. The van der Waals surface area contributed by atoms with E-state index in [2.05, 4.69) is 20.8 Å². The maximum Gasteiger partial charge on any atom is 0.309 e. The van der Waals surface area contributed by atoms with Crippen molar-refractivity contribution in [2.45, 2.75) is 60.0 Å². The Hall–Kier alpha value is -0.530. The van der Waals surface area contributed by atoms with Crippen LogP contribution in [0.1, 0.15) is 53.9 Å². The molecule has 0 rings (SSSR count). The van der Waals surface area contributed by atoms with E-state index in [1.165, 1.54) is 0 Å². The zero-order valence-electron chi connectivity index (χ0n) is 10.2. The first-order chi connectivity index (χ1) is 6.56. The second-order valence-electron chi connectivity index (χ2n) is 4.14. The zero-order valence-corrected chi connectivity index (χ0v) is 10.2. The third kappa shape index (κ3) is 4.12. The van der Waals surface area contributed by atoms with Crippen molar-refractivity contribution in [2.75, 3.05) is 0 Å². The smallest absolute Gasteiger partial charge is 0.309 e. The lowest BCUT2D eigenvalue weighted by molar-refractivity contribution is -0.156. The minimum Gasteiger partial charge on any atom is -0.462 e. The molecule has 0 aliphatic rings. The van der Waals surface area contributed by atoms with Gasteiger partial charge in [-0.15, -0.1) is 0 Å². The predicted octanol–water partition coefficient (Wildman–Crippen LogP) is 3.40. The van der Waals surface area contributed by atoms with Crippen LogP contribution in [0.3, 0.4) is 0 Å². The van der Waals surface area contributed by atoms with E-state index in [9.17, 15) is 4.79 Å². The molecule has 2 heteroatoms. The van der Waals surface area contributed by atoms with Crippen molar-refractivity contribution < 1.29 is 9.53 Å². The van der Waals surface area contributed by atoms with Crippen molar-refractivity contribution in [2.24, 2.45) is 11.8 Å². The molecular formula is C12H24O2. The summed E-state index contributed by atoms with van der Waals surface area (Å²) in [5.41, 5.74) is 0. The van der Waals surface area contributed by atoms with E-state index in [1.54, 1.807) is 0 Å². The second kappa shape index (κ2) is 6.86. The van der Waals surface area contributed by atoms with Crippen LogP contribution in [0.4, 0.5) is 0 Å². The number of carbonyl (C=O) groups excluding carboxylic acids is 1. The molecule has 0 bridgehead atoms. The highest BCUT2D eigenvalue weighted by molar-refractivity contribution is 5.72. The van der Waals surface area contributed by atoms with Crippen molar-refractivity contribution in [1.82, 2.24) is 0 Å². The highest BCUT2D eigenvalue weighted by Crippen LogP contribution is 2.16. The highest BCUT2D eigenvalue weighted by Gasteiger charge is 2.21. The van der Waals surface area contributed by atoms with Crippen LogP contribution in [-0.4, -0.2) is 12.1 Å². The summed E-state index contributed by atoms with van der Waals surface area (Å²) in [4.78, 5) is 11.7. The van der Waals surface area contributed by atoms with Gasteiger partial charge in [-0.2, -0.15) is 0 Å². The lowest BCUT2D eigenvalue weighted by Gasteiger charge is -2.22. The van der Waals surface area contributed by atoms with E-state index in [0.29, 0.717) is 5.92 Å². The first-order valence-electron chi connectivity index (χ1n) is 5.77. The van der Waals surface area contributed by atoms with Crippen LogP contribution in [0.2, 0.25) is 0 Å². The third-order valence-electron chi connectivity index (χ3n) is 2.73. The Bertz CT molecular complexity index is 160. The van der Waals surface area contributed by atoms with E-state index in [4.69, 9.17) is 4.74 Å². The van der Waals surface area contributed by atoms with Crippen LogP contribution in [0.15, 0.2) is 0 Å². The highest BCUT2D eigenvalue weighted by atomic mass is 16.5. The van der Waals surface area contributed by atoms with Crippen LogP contribution < -0.4 is 0 Å². The van der Waals surface area contributed by atoms with Crippen molar-refractivity contribution in [3.63, 3.8) is 0 Å². The van der Waals surface area contributed by atoms with Crippen molar-refractivity contribution in [3.05, 3.63) is 0 Å². The van der Waals surface area contributed by atoms with Crippen molar-refractivity contribution in [1.29, 1.82) is 0 Å². The van der Waals surface area contributed by atoms with Crippen LogP contribution in [0, 0.1) is 11.8 Å². The first-order valence-corrected chi connectivity index (χ1v) is 5.77. The molecule has 0 aliphatic carbocycles. The van der Waals surface area contributed by atoms with Gasteiger partial charge in [-0.25, -0.2) is 0 Å². The van der Waals surface area contributed by atoms with Crippen molar-refractivity contribution in [3.8, 4) is 0 Å². The Morgan fingerprint density at radius 1 is 1.07 bits per heavy atom. The van der Waals surface area contributed by atoms with Gasteiger partial charge in [0.05, 0.1) is 5.92 Å². The average molecular weight is 200 g/mol. The summed E-state index contributed by atoms with van der Waals surface area (Å²) in [6.07, 6.45) is 2.75. The molecule has 0 fully saturated rings. The maximum absolute atomic E-state index is 11.7. The normalized spacial score (nSPS) is 13.4. The van der Waals surface area contributed by atoms with E-state index >= 15 is 0 Å². The Kier molecular flexibility index (Phi) is 6.60. The fraction of sp³-hybridized carbons (Fsp3) is 0.917. The second-order valence-corrected chi connectivity index (χ2v) is 4.14. The monoisotopic (exact) mass is 200 g/mol. The maximum atomic E-state index is 11.7. The number of esters is 1. The molecule has 0 amide bonds. The third-order valence-corrected chi connectivity index (χ3v) is 2.73. The number of rotatable bonds is 6. The molecule has 84 valence electrons. The Balaban J connectivity index is 4.13. The molecule has 0 N–H and O–H groups in total. The van der Waals surface area contributed by atoms with Gasteiger partial charge in [0.25, 0.3) is 0 Å². The van der Waals surface area contributed by atoms with Crippen LogP contribution in [0.25, 0.3) is 0 Å². The molecule has 2 nitrogen and oxygen atoms in total. The van der Waals surface area contributed by atoms with Gasteiger partial charge >= 0.3 is 5.97 Å². The number of carbonyl (C=O) groups is 1. The Morgan fingerprint density at radius 2 is 1.57 bits per heavy atom. The average Bonchev–Trinajstić information content (AvgIpc) is 2.15. The van der Waals surface area contributed by atoms with Crippen molar-refractivity contribution >= 4 is 5.97 Å². The largest absolute Gasteiger partial charge is 0.462 e. The molecule has 14 heavy (non-hydrogen) atoms. The molecule has 0 aliphatic heterocycles. The first kappa shape index (κ1) is 13.5. The minimum absolute atomic E-state index is 0.0180. The Morgan fingerprint density at radius 3 is 1.86 bits per heavy atom. The molecule has 0 radical (unpaired) electrons. The molecular weight excluding hydrogens is 176 g/mol. The molecule has 1 unspecified atom stereocenters. The lowest BCUT2D eigenvalue weighted by atomic mass is 10.0. The van der Waals surface area contributed by atoms with Gasteiger partial charge in [0.15, 0.2) is 0 Å². The zero-order chi connectivity index (χ0) is 11.1.